The van der Waals surface area contributed by atoms with Gasteiger partial charge in [0.15, 0.2) is 0 Å². The Morgan fingerprint density at radius 1 is 1.41 bits per heavy atom. The molecule has 2 aromatic heterocycles. The van der Waals surface area contributed by atoms with Crippen molar-refractivity contribution in [2.24, 2.45) is 5.73 Å². The van der Waals surface area contributed by atoms with E-state index in [-0.39, 0.29) is 30.3 Å². The quantitative estimate of drug-likeness (QED) is 0.880. The second-order valence-electron chi connectivity index (χ2n) is 5.74. The third-order valence-corrected chi connectivity index (χ3v) is 3.28. The lowest BCUT2D eigenvalue weighted by Crippen LogP contribution is -2.29. The number of fused-ring (bicyclic) bond motifs is 1. The fourth-order valence-electron chi connectivity index (χ4n) is 2.18. The Morgan fingerprint density at radius 2 is 2.09 bits per heavy atom. The zero-order chi connectivity index (χ0) is 15.6. The predicted molar refractivity (Wildman–Crippen MR) is 88.5 cm³/mol. The molecule has 0 aliphatic rings. The Morgan fingerprint density at radius 3 is 2.68 bits per heavy atom. The number of carbonyl (C=O) groups is 1. The van der Waals surface area contributed by atoms with Gasteiger partial charge in [-0.05, 0) is 32.3 Å². The Kier molecular flexibility index (Phi) is 6.32. The normalized spacial score (nSPS) is 12.3. The molecule has 1 unspecified atom stereocenters. The van der Waals surface area contributed by atoms with E-state index >= 15 is 0 Å². The van der Waals surface area contributed by atoms with Crippen molar-refractivity contribution in [3.63, 3.8) is 0 Å². The molecule has 0 aliphatic heterocycles. The molecule has 0 saturated heterocycles. The van der Waals surface area contributed by atoms with Crippen LogP contribution in [0.1, 0.15) is 54.9 Å². The molecule has 2 heterocycles. The smallest absolute Gasteiger partial charge is 0.259 e. The summed E-state index contributed by atoms with van der Waals surface area (Å²) in [4.78, 5) is 16.7. The largest absolute Gasteiger partial charge is 0.352 e. The van der Waals surface area contributed by atoms with Gasteiger partial charge in [-0.1, -0.05) is 19.0 Å². The molecule has 1 amide bonds. The number of aryl methyl sites for hydroxylation is 1. The van der Waals surface area contributed by atoms with Crippen molar-refractivity contribution in [1.82, 2.24) is 15.5 Å². The van der Waals surface area contributed by atoms with Crippen LogP contribution in [0.4, 0.5) is 0 Å². The van der Waals surface area contributed by atoms with Gasteiger partial charge in [0.1, 0.15) is 0 Å². The highest BCUT2D eigenvalue weighted by Crippen LogP contribution is 2.27. The van der Waals surface area contributed by atoms with Crippen LogP contribution in [0.3, 0.4) is 0 Å². The lowest BCUT2D eigenvalue weighted by atomic mass is 10.0. The third-order valence-electron chi connectivity index (χ3n) is 3.28. The van der Waals surface area contributed by atoms with E-state index in [1.54, 1.807) is 6.07 Å². The highest BCUT2D eigenvalue weighted by Gasteiger charge is 2.21. The number of carbonyl (C=O) groups excluding carboxylic acids is 1. The number of nitrogens with one attached hydrogen (secondary N) is 1. The Labute approximate surface area is 136 Å². The van der Waals surface area contributed by atoms with Gasteiger partial charge in [-0.3, -0.25) is 4.79 Å². The van der Waals surface area contributed by atoms with E-state index in [1.807, 2.05) is 27.7 Å². The van der Waals surface area contributed by atoms with Crippen LogP contribution >= 0.6 is 12.4 Å². The minimum absolute atomic E-state index is 0. The summed E-state index contributed by atoms with van der Waals surface area (Å²) < 4.78 is 5.26. The Balaban J connectivity index is 0.00000242. The summed E-state index contributed by atoms with van der Waals surface area (Å²) in [6, 6.07) is 1.83. The molecule has 22 heavy (non-hydrogen) atoms. The molecular formula is C15H23ClN4O2. The second kappa shape index (κ2) is 7.56. The number of hydrogen-bond donors (Lipinski definition) is 2. The van der Waals surface area contributed by atoms with Crippen LogP contribution in [0.2, 0.25) is 0 Å². The van der Waals surface area contributed by atoms with E-state index < -0.39 is 0 Å². The molecule has 6 nitrogen and oxygen atoms in total. The van der Waals surface area contributed by atoms with Crippen molar-refractivity contribution in [2.75, 3.05) is 6.54 Å². The van der Waals surface area contributed by atoms with Gasteiger partial charge in [0.05, 0.1) is 16.6 Å². The summed E-state index contributed by atoms with van der Waals surface area (Å²) in [5.41, 5.74) is 8.16. The molecule has 0 saturated carbocycles. The molecule has 0 bridgehead atoms. The molecular weight excluding hydrogens is 304 g/mol. The average molecular weight is 327 g/mol. The number of rotatable bonds is 5. The first-order valence-corrected chi connectivity index (χ1v) is 7.20. The summed E-state index contributed by atoms with van der Waals surface area (Å²) in [5, 5.41) is 7.64. The van der Waals surface area contributed by atoms with E-state index in [9.17, 15) is 4.79 Å². The van der Waals surface area contributed by atoms with Crippen LogP contribution in [-0.4, -0.2) is 28.6 Å². The number of hydrogen-bond acceptors (Lipinski definition) is 5. The zero-order valence-corrected chi connectivity index (χ0v) is 14.2. The molecule has 2 rings (SSSR count). The standard InChI is InChI=1S/C15H22N4O2.ClH/c1-8(2)13-12-11(14(20)17-6-5-9(3)16)7-10(4)18-15(12)21-19-13;/h7-9H,5-6,16H2,1-4H3,(H,17,20);1H. The molecule has 122 valence electrons. The fourth-order valence-corrected chi connectivity index (χ4v) is 2.18. The number of nitrogens with two attached hydrogens (primary N) is 1. The minimum atomic E-state index is -0.142. The van der Waals surface area contributed by atoms with Crippen LogP contribution in [-0.2, 0) is 0 Å². The Bertz CT molecular complexity index is 652. The first-order chi connectivity index (χ1) is 9.90. The van der Waals surface area contributed by atoms with E-state index in [0.717, 1.165) is 17.8 Å². The van der Waals surface area contributed by atoms with Crippen molar-refractivity contribution < 1.29 is 9.32 Å². The first kappa shape index (κ1) is 18.4. The van der Waals surface area contributed by atoms with Gasteiger partial charge in [-0.25, -0.2) is 4.98 Å². The predicted octanol–water partition coefficient (Wildman–Crippen LogP) is 2.54. The second-order valence-corrected chi connectivity index (χ2v) is 5.74. The average Bonchev–Trinajstić information content (AvgIpc) is 2.80. The van der Waals surface area contributed by atoms with Crippen molar-refractivity contribution in [3.8, 4) is 0 Å². The maximum absolute atomic E-state index is 12.4. The summed E-state index contributed by atoms with van der Waals surface area (Å²) in [7, 11) is 0. The van der Waals surface area contributed by atoms with Gasteiger partial charge in [-0.2, -0.15) is 0 Å². The first-order valence-electron chi connectivity index (χ1n) is 7.20. The van der Waals surface area contributed by atoms with Crippen molar-refractivity contribution in [1.29, 1.82) is 0 Å². The highest BCUT2D eigenvalue weighted by atomic mass is 35.5. The fraction of sp³-hybridized carbons (Fsp3) is 0.533. The topological polar surface area (TPSA) is 94.0 Å². The van der Waals surface area contributed by atoms with E-state index in [4.69, 9.17) is 10.3 Å². The number of halogens is 1. The number of pyridine rings is 1. The van der Waals surface area contributed by atoms with Gasteiger partial charge in [0, 0.05) is 18.3 Å². The molecule has 0 aliphatic carbocycles. The summed E-state index contributed by atoms with van der Waals surface area (Å²) in [6.45, 7) is 8.30. The van der Waals surface area contributed by atoms with Gasteiger partial charge < -0.3 is 15.6 Å². The number of aromatic nitrogens is 2. The summed E-state index contributed by atoms with van der Waals surface area (Å²) in [6.07, 6.45) is 0.736. The monoisotopic (exact) mass is 326 g/mol. The maximum atomic E-state index is 12.4. The van der Waals surface area contributed by atoms with Crippen LogP contribution in [0.5, 0.6) is 0 Å². The Hall–Kier alpha value is -1.66. The number of nitrogens with zero attached hydrogens (tertiary/aromatic N) is 2. The van der Waals surface area contributed by atoms with E-state index in [2.05, 4.69) is 15.5 Å². The molecule has 0 fully saturated rings. The maximum Gasteiger partial charge on any atom is 0.259 e. The van der Waals surface area contributed by atoms with E-state index in [1.165, 1.54) is 0 Å². The molecule has 7 heteroatoms. The SMILES string of the molecule is Cc1cc(C(=O)NCCC(C)N)c2c(C(C)C)noc2n1.Cl. The molecule has 3 N–H and O–H groups in total. The summed E-state index contributed by atoms with van der Waals surface area (Å²) in [5.74, 6) is 0.0163. The third kappa shape index (κ3) is 3.96. The van der Waals surface area contributed by atoms with Gasteiger partial charge >= 0.3 is 0 Å². The summed E-state index contributed by atoms with van der Waals surface area (Å²) >= 11 is 0. The van der Waals surface area contributed by atoms with Gasteiger partial charge in [0.25, 0.3) is 11.6 Å². The number of amides is 1. The molecule has 0 aromatic carbocycles. The molecule has 2 aromatic rings. The minimum Gasteiger partial charge on any atom is -0.352 e. The lowest BCUT2D eigenvalue weighted by Gasteiger charge is -2.09. The molecule has 0 radical (unpaired) electrons. The van der Waals surface area contributed by atoms with Crippen LogP contribution in [0.25, 0.3) is 11.1 Å². The van der Waals surface area contributed by atoms with Crippen LogP contribution in [0.15, 0.2) is 10.6 Å². The lowest BCUT2D eigenvalue weighted by molar-refractivity contribution is 0.0954. The van der Waals surface area contributed by atoms with Crippen LogP contribution < -0.4 is 11.1 Å². The van der Waals surface area contributed by atoms with Crippen molar-refractivity contribution >= 4 is 29.4 Å². The zero-order valence-electron chi connectivity index (χ0n) is 13.3. The van der Waals surface area contributed by atoms with Gasteiger partial charge in [-0.15, -0.1) is 12.4 Å². The van der Waals surface area contributed by atoms with Crippen LogP contribution in [0, 0.1) is 6.92 Å². The molecule has 1 atom stereocenters. The van der Waals surface area contributed by atoms with Crippen molar-refractivity contribution in [3.05, 3.63) is 23.0 Å². The highest BCUT2D eigenvalue weighted by molar-refractivity contribution is 6.06. The van der Waals surface area contributed by atoms with Gasteiger partial charge in [0.2, 0.25) is 0 Å². The van der Waals surface area contributed by atoms with Crippen molar-refractivity contribution in [2.45, 2.75) is 46.1 Å². The molecule has 0 spiro atoms. The van der Waals surface area contributed by atoms with E-state index in [0.29, 0.717) is 23.2 Å².